The Morgan fingerprint density at radius 2 is 1.94 bits per heavy atom. The van der Waals surface area contributed by atoms with E-state index in [1.54, 1.807) is 6.20 Å². The lowest BCUT2D eigenvalue weighted by atomic mass is 10.2. The van der Waals surface area contributed by atoms with Crippen LogP contribution in [0.1, 0.15) is 0 Å². The Balaban J connectivity index is 1.97. The van der Waals surface area contributed by atoms with Gasteiger partial charge in [-0.15, -0.1) is 0 Å². The smallest absolute Gasteiger partial charge is 0.139 e. The number of hydrogen-bond acceptors (Lipinski definition) is 2. The SMILES string of the molecule is Brc1ccc(Nc2c[nH]c3ncccc23)cc1. The monoisotopic (exact) mass is 287 g/mol. The van der Waals surface area contributed by atoms with Crippen LogP contribution in [-0.4, -0.2) is 9.97 Å². The minimum Gasteiger partial charge on any atom is -0.354 e. The van der Waals surface area contributed by atoms with Crippen LogP contribution in [0.2, 0.25) is 0 Å². The fraction of sp³-hybridized carbons (Fsp3) is 0. The zero-order valence-electron chi connectivity index (χ0n) is 8.94. The second-order valence-corrected chi connectivity index (χ2v) is 4.65. The standard InChI is InChI=1S/C13H10BrN3/c14-9-3-5-10(6-4-9)17-12-8-16-13-11(12)2-1-7-15-13/h1-8,17H,(H,15,16). The van der Waals surface area contributed by atoms with E-state index in [4.69, 9.17) is 0 Å². The molecule has 0 saturated carbocycles. The molecule has 2 heterocycles. The maximum atomic E-state index is 4.25. The quantitative estimate of drug-likeness (QED) is 0.746. The summed E-state index contributed by atoms with van der Waals surface area (Å²) in [4.78, 5) is 7.39. The zero-order chi connectivity index (χ0) is 11.7. The van der Waals surface area contributed by atoms with Crippen molar-refractivity contribution in [2.24, 2.45) is 0 Å². The minimum absolute atomic E-state index is 0.895. The molecule has 3 rings (SSSR count). The predicted molar refractivity (Wildman–Crippen MR) is 73.5 cm³/mol. The van der Waals surface area contributed by atoms with Crippen LogP contribution >= 0.6 is 15.9 Å². The number of nitrogens with zero attached hydrogens (tertiary/aromatic N) is 1. The van der Waals surface area contributed by atoms with Gasteiger partial charge in [-0.1, -0.05) is 15.9 Å². The first-order valence-electron chi connectivity index (χ1n) is 5.27. The van der Waals surface area contributed by atoms with Crippen molar-refractivity contribution in [3.63, 3.8) is 0 Å². The van der Waals surface area contributed by atoms with Gasteiger partial charge in [0.15, 0.2) is 0 Å². The lowest BCUT2D eigenvalue weighted by Gasteiger charge is -2.04. The number of aromatic nitrogens is 2. The normalized spacial score (nSPS) is 10.6. The van der Waals surface area contributed by atoms with Crippen molar-refractivity contribution >= 4 is 38.3 Å². The molecule has 0 spiro atoms. The molecule has 0 bridgehead atoms. The Labute approximate surface area is 107 Å². The topological polar surface area (TPSA) is 40.7 Å². The van der Waals surface area contributed by atoms with Crippen LogP contribution in [0.3, 0.4) is 0 Å². The first-order chi connectivity index (χ1) is 8.33. The molecule has 0 saturated heterocycles. The zero-order valence-corrected chi connectivity index (χ0v) is 10.5. The van der Waals surface area contributed by atoms with Crippen LogP contribution in [0.15, 0.2) is 53.3 Å². The number of nitrogens with one attached hydrogen (secondary N) is 2. The van der Waals surface area contributed by atoms with Crippen molar-refractivity contribution < 1.29 is 0 Å². The molecule has 0 unspecified atom stereocenters. The van der Waals surface area contributed by atoms with Gasteiger partial charge >= 0.3 is 0 Å². The molecule has 84 valence electrons. The van der Waals surface area contributed by atoms with Crippen molar-refractivity contribution in [1.29, 1.82) is 0 Å². The molecule has 0 atom stereocenters. The van der Waals surface area contributed by atoms with Gasteiger partial charge in [-0.2, -0.15) is 0 Å². The molecule has 0 aliphatic carbocycles. The molecule has 1 aromatic carbocycles. The second kappa shape index (κ2) is 4.22. The maximum absolute atomic E-state index is 4.25. The Bertz CT molecular complexity index is 643. The number of aromatic amines is 1. The average molecular weight is 288 g/mol. The van der Waals surface area contributed by atoms with Crippen molar-refractivity contribution in [2.75, 3.05) is 5.32 Å². The molecule has 17 heavy (non-hydrogen) atoms. The summed E-state index contributed by atoms with van der Waals surface area (Å²) in [5.41, 5.74) is 2.99. The van der Waals surface area contributed by atoms with Gasteiger partial charge in [0.25, 0.3) is 0 Å². The van der Waals surface area contributed by atoms with Crippen molar-refractivity contribution in [3.8, 4) is 0 Å². The fourth-order valence-electron chi connectivity index (χ4n) is 1.75. The molecule has 0 aliphatic heterocycles. The average Bonchev–Trinajstić information content (AvgIpc) is 2.76. The molecule has 2 aromatic heterocycles. The van der Waals surface area contributed by atoms with E-state index in [2.05, 4.69) is 31.2 Å². The first kappa shape index (κ1) is 10.4. The lowest BCUT2D eigenvalue weighted by molar-refractivity contribution is 1.33. The highest BCUT2D eigenvalue weighted by atomic mass is 79.9. The Kier molecular flexibility index (Phi) is 2.57. The van der Waals surface area contributed by atoms with Gasteiger partial charge in [0.2, 0.25) is 0 Å². The predicted octanol–water partition coefficient (Wildman–Crippen LogP) is 4.07. The number of anilines is 2. The molecular formula is C13H10BrN3. The molecule has 3 nitrogen and oxygen atoms in total. The number of halogens is 1. The summed E-state index contributed by atoms with van der Waals surface area (Å²) in [6.07, 6.45) is 3.71. The third-order valence-corrected chi connectivity index (χ3v) is 3.10. The van der Waals surface area contributed by atoms with Gasteiger partial charge < -0.3 is 10.3 Å². The summed E-state index contributed by atoms with van der Waals surface area (Å²) in [5.74, 6) is 0. The third kappa shape index (κ3) is 2.03. The lowest BCUT2D eigenvalue weighted by Crippen LogP contribution is -1.88. The summed E-state index contributed by atoms with van der Waals surface area (Å²) in [6.45, 7) is 0. The first-order valence-corrected chi connectivity index (χ1v) is 6.07. The van der Waals surface area contributed by atoms with Crippen molar-refractivity contribution in [1.82, 2.24) is 9.97 Å². The van der Waals surface area contributed by atoms with E-state index in [0.717, 1.165) is 26.9 Å². The molecule has 4 heteroatoms. The molecule has 3 aromatic rings. The van der Waals surface area contributed by atoms with Crippen molar-refractivity contribution in [3.05, 3.63) is 53.3 Å². The summed E-state index contributed by atoms with van der Waals surface area (Å²) in [6, 6.07) is 12.0. The molecule has 0 aliphatic rings. The third-order valence-electron chi connectivity index (χ3n) is 2.57. The molecule has 0 radical (unpaired) electrons. The summed E-state index contributed by atoms with van der Waals surface area (Å²) in [7, 11) is 0. The largest absolute Gasteiger partial charge is 0.354 e. The van der Waals surface area contributed by atoms with Crippen LogP contribution in [0.5, 0.6) is 0 Å². The van der Waals surface area contributed by atoms with Gasteiger partial charge in [0.05, 0.1) is 5.69 Å². The van der Waals surface area contributed by atoms with E-state index in [-0.39, 0.29) is 0 Å². The van der Waals surface area contributed by atoms with Crippen LogP contribution in [0.25, 0.3) is 11.0 Å². The second-order valence-electron chi connectivity index (χ2n) is 3.73. The van der Waals surface area contributed by atoms with Gasteiger partial charge in [-0.25, -0.2) is 4.98 Å². The van der Waals surface area contributed by atoms with Crippen molar-refractivity contribution in [2.45, 2.75) is 0 Å². The number of benzene rings is 1. The summed E-state index contributed by atoms with van der Waals surface area (Å²) < 4.78 is 1.07. The van der Waals surface area contributed by atoms with Crippen LogP contribution in [-0.2, 0) is 0 Å². The van der Waals surface area contributed by atoms with Gasteiger partial charge in [-0.3, -0.25) is 0 Å². The van der Waals surface area contributed by atoms with Gasteiger partial charge in [0, 0.05) is 27.9 Å². The summed E-state index contributed by atoms with van der Waals surface area (Å²) in [5, 5.41) is 4.46. The minimum atomic E-state index is 0.895. The van der Waals surface area contributed by atoms with E-state index in [9.17, 15) is 0 Å². The number of H-pyrrole nitrogens is 1. The van der Waals surface area contributed by atoms with Gasteiger partial charge in [0.1, 0.15) is 5.65 Å². The van der Waals surface area contributed by atoms with E-state index < -0.39 is 0 Å². The summed E-state index contributed by atoms with van der Waals surface area (Å²) >= 11 is 3.42. The van der Waals surface area contributed by atoms with E-state index >= 15 is 0 Å². The van der Waals surface area contributed by atoms with Crippen LogP contribution in [0.4, 0.5) is 11.4 Å². The fourth-order valence-corrected chi connectivity index (χ4v) is 2.01. The van der Waals surface area contributed by atoms with Crippen LogP contribution in [0, 0.1) is 0 Å². The highest BCUT2D eigenvalue weighted by molar-refractivity contribution is 9.10. The molecule has 0 fully saturated rings. The van der Waals surface area contributed by atoms with E-state index in [1.807, 2.05) is 42.6 Å². The maximum Gasteiger partial charge on any atom is 0.139 e. The van der Waals surface area contributed by atoms with E-state index in [1.165, 1.54) is 0 Å². The number of rotatable bonds is 2. The number of hydrogen-bond donors (Lipinski definition) is 2. The van der Waals surface area contributed by atoms with Gasteiger partial charge in [-0.05, 0) is 36.4 Å². The Hall–Kier alpha value is -1.81. The highest BCUT2D eigenvalue weighted by Gasteiger charge is 2.03. The molecule has 2 N–H and O–H groups in total. The van der Waals surface area contributed by atoms with E-state index in [0.29, 0.717) is 0 Å². The Morgan fingerprint density at radius 1 is 1.12 bits per heavy atom. The molecule has 0 amide bonds. The number of pyridine rings is 1. The van der Waals surface area contributed by atoms with Crippen LogP contribution < -0.4 is 5.32 Å². The Morgan fingerprint density at radius 3 is 2.76 bits per heavy atom. The number of fused-ring (bicyclic) bond motifs is 1. The highest BCUT2D eigenvalue weighted by Crippen LogP contribution is 2.25. The molecular weight excluding hydrogens is 278 g/mol.